The van der Waals surface area contributed by atoms with Gasteiger partial charge >= 0.3 is 0 Å². The maximum Gasteiger partial charge on any atom is 0.265 e. The summed E-state index contributed by atoms with van der Waals surface area (Å²) in [4.78, 5) is 25.7. The van der Waals surface area contributed by atoms with Crippen molar-refractivity contribution in [2.24, 2.45) is 0 Å². The predicted molar refractivity (Wildman–Crippen MR) is 133 cm³/mol. The summed E-state index contributed by atoms with van der Waals surface area (Å²) in [6.07, 6.45) is -0.180. The molecule has 1 atom stereocenters. The van der Waals surface area contributed by atoms with Crippen molar-refractivity contribution in [3.63, 3.8) is 0 Å². The molecule has 0 heterocycles. The fourth-order valence-corrected chi connectivity index (χ4v) is 3.40. The smallest absolute Gasteiger partial charge is 0.265 e. The molecule has 3 rings (SSSR count). The maximum atomic E-state index is 13.0. The van der Waals surface area contributed by atoms with Crippen LogP contribution in [0.1, 0.15) is 55.6 Å². The number of hydrogen-bond acceptors (Lipinski definition) is 3. The van der Waals surface area contributed by atoms with E-state index in [4.69, 9.17) is 4.74 Å². The van der Waals surface area contributed by atoms with Gasteiger partial charge in [-0.15, -0.1) is 0 Å². The third-order valence-corrected chi connectivity index (χ3v) is 5.39. The Morgan fingerprint density at radius 3 is 2.15 bits per heavy atom. The molecule has 3 aromatic rings. The number of anilines is 1. The lowest BCUT2D eigenvalue weighted by molar-refractivity contribution is -0.122. The van der Waals surface area contributed by atoms with Crippen LogP contribution in [-0.2, 0) is 16.8 Å². The number of benzene rings is 3. The van der Waals surface area contributed by atoms with Gasteiger partial charge in [-0.25, -0.2) is 0 Å². The summed E-state index contributed by atoms with van der Waals surface area (Å²) in [5.41, 5.74) is 3.11. The third kappa shape index (κ3) is 6.69. The second kappa shape index (κ2) is 10.8. The molecule has 0 saturated carbocycles. The molecule has 0 spiro atoms. The van der Waals surface area contributed by atoms with Crippen LogP contribution in [0.4, 0.5) is 5.69 Å². The van der Waals surface area contributed by atoms with Crippen LogP contribution >= 0.6 is 0 Å². The molecule has 1 unspecified atom stereocenters. The van der Waals surface area contributed by atoms with Crippen molar-refractivity contribution in [3.8, 4) is 5.75 Å². The van der Waals surface area contributed by atoms with Gasteiger partial charge in [-0.3, -0.25) is 9.59 Å². The second-order valence-electron chi connectivity index (χ2n) is 8.99. The molecule has 172 valence electrons. The van der Waals surface area contributed by atoms with Crippen LogP contribution in [0.25, 0.3) is 0 Å². The number of carbonyl (C=O) groups is 2. The normalized spacial score (nSPS) is 12.0. The van der Waals surface area contributed by atoms with Crippen molar-refractivity contribution in [1.29, 1.82) is 0 Å². The highest BCUT2D eigenvalue weighted by atomic mass is 16.5. The molecule has 0 radical (unpaired) electrons. The molecular formula is C28H32N2O3. The minimum absolute atomic E-state index is 0.0465. The summed E-state index contributed by atoms with van der Waals surface area (Å²) in [5.74, 6) is 0.0982. The van der Waals surface area contributed by atoms with E-state index in [1.54, 1.807) is 24.3 Å². The zero-order valence-electron chi connectivity index (χ0n) is 19.7. The number of amides is 2. The van der Waals surface area contributed by atoms with E-state index in [2.05, 4.69) is 31.4 Å². The van der Waals surface area contributed by atoms with Gasteiger partial charge in [0.25, 0.3) is 11.8 Å². The Morgan fingerprint density at radius 2 is 1.52 bits per heavy atom. The standard InChI is InChI=1S/C28H32N2O3/c1-5-25(33-22-17-15-21(16-18-22)28(2,3)4)27(32)30-24-14-10-9-13-23(24)26(31)29-19-20-11-7-6-8-12-20/h6-18,25H,5,19H2,1-4H3,(H,29,31)(H,30,32). The minimum Gasteiger partial charge on any atom is -0.481 e. The first-order valence-electron chi connectivity index (χ1n) is 11.3. The van der Waals surface area contributed by atoms with Crippen molar-refractivity contribution in [2.75, 3.05) is 5.32 Å². The van der Waals surface area contributed by atoms with E-state index in [1.807, 2.05) is 61.5 Å². The Hall–Kier alpha value is -3.60. The zero-order valence-corrected chi connectivity index (χ0v) is 19.7. The molecule has 0 saturated heterocycles. The second-order valence-corrected chi connectivity index (χ2v) is 8.99. The number of hydrogen-bond donors (Lipinski definition) is 2. The Bertz CT molecular complexity index is 1070. The molecule has 5 nitrogen and oxygen atoms in total. The first-order chi connectivity index (χ1) is 15.8. The molecule has 0 aliphatic rings. The largest absolute Gasteiger partial charge is 0.481 e. The molecule has 3 aromatic carbocycles. The Labute approximate surface area is 196 Å². The van der Waals surface area contributed by atoms with Crippen LogP contribution in [0.15, 0.2) is 78.9 Å². The number of rotatable bonds is 8. The molecule has 5 heteroatoms. The van der Waals surface area contributed by atoms with Gasteiger partial charge < -0.3 is 15.4 Å². The highest BCUT2D eigenvalue weighted by Gasteiger charge is 2.21. The summed E-state index contributed by atoms with van der Waals surface area (Å²) < 4.78 is 5.96. The lowest BCUT2D eigenvalue weighted by Gasteiger charge is -2.21. The Kier molecular flexibility index (Phi) is 7.88. The van der Waals surface area contributed by atoms with Crippen LogP contribution in [0.2, 0.25) is 0 Å². The first-order valence-corrected chi connectivity index (χ1v) is 11.3. The fraction of sp³-hybridized carbons (Fsp3) is 0.286. The van der Waals surface area contributed by atoms with Crippen molar-refractivity contribution >= 4 is 17.5 Å². The molecule has 2 N–H and O–H groups in total. The van der Waals surface area contributed by atoms with Crippen molar-refractivity contribution in [3.05, 3.63) is 95.6 Å². The number of ether oxygens (including phenoxy) is 1. The summed E-state index contributed by atoms with van der Waals surface area (Å²) in [7, 11) is 0. The van der Waals surface area contributed by atoms with Crippen molar-refractivity contribution in [1.82, 2.24) is 5.32 Å². The van der Waals surface area contributed by atoms with Crippen LogP contribution in [0.5, 0.6) is 5.75 Å². The molecule has 0 aromatic heterocycles. The lowest BCUT2D eigenvalue weighted by atomic mass is 9.87. The molecule has 0 fully saturated rings. The van der Waals surface area contributed by atoms with Crippen LogP contribution in [-0.4, -0.2) is 17.9 Å². The molecule has 33 heavy (non-hydrogen) atoms. The fourth-order valence-electron chi connectivity index (χ4n) is 3.40. The summed E-state index contributed by atoms with van der Waals surface area (Å²) >= 11 is 0. The molecular weight excluding hydrogens is 412 g/mol. The van der Waals surface area contributed by atoms with Gasteiger partial charge in [-0.05, 0) is 47.2 Å². The Balaban J connectivity index is 1.66. The number of para-hydroxylation sites is 1. The van der Waals surface area contributed by atoms with E-state index in [0.717, 1.165) is 5.56 Å². The van der Waals surface area contributed by atoms with Gasteiger partial charge in [-0.2, -0.15) is 0 Å². The molecule has 2 amide bonds. The summed E-state index contributed by atoms with van der Waals surface area (Å²) in [5, 5.41) is 5.78. The van der Waals surface area contributed by atoms with E-state index in [0.29, 0.717) is 30.0 Å². The highest BCUT2D eigenvalue weighted by molar-refractivity contribution is 6.04. The van der Waals surface area contributed by atoms with E-state index < -0.39 is 6.10 Å². The molecule has 0 bridgehead atoms. The van der Waals surface area contributed by atoms with Gasteiger partial charge in [0.2, 0.25) is 0 Å². The minimum atomic E-state index is -0.675. The first kappa shape index (κ1) is 24.1. The van der Waals surface area contributed by atoms with E-state index in [9.17, 15) is 9.59 Å². The van der Waals surface area contributed by atoms with Crippen molar-refractivity contribution < 1.29 is 14.3 Å². The highest BCUT2D eigenvalue weighted by Crippen LogP contribution is 2.25. The van der Waals surface area contributed by atoms with Gasteiger partial charge in [-0.1, -0.05) is 82.3 Å². The maximum absolute atomic E-state index is 13.0. The van der Waals surface area contributed by atoms with Crippen LogP contribution < -0.4 is 15.4 Å². The topological polar surface area (TPSA) is 67.4 Å². The van der Waals surface area contributed by atoms with Gasteiger partial charge in [0, 0.05) is 6.54 Å². The van der Waals surface area contributed by atoms with Crippen LogP contribution in [0.3, 0.4) is 0 Å². The summed E-state index contributed by atoms with van der Waals surface area (Å²) in [6.45, 7) is 8.76. The lowest BCUT2D eigenvalue weighted by Crippen LogP contribution is -2.33. The van der Waals surface area contributed by atoms with Gasteiger partial charge in [0.1, 0.15) is 5.75 Å². The average Bonchev–Trinajstić information content (AvgIpc) is 2.81. The predicted octanol–water partition coefficient (Wildman–Crippen LogP) is 5.71. The summed E-state index contributed by atoms with van der Waals surface area (Å²) in [6, 6.07) is 24.5. The molecule has 0 aliphatic heterocycles. The van der Waals surface area contributed by atoms with Gasteiger partial charge in [0.15, 0.2) is 6.10 Å². The SMILES string of the molecule is CCC(Oc1ccc(C(C)(C)C)cc1)C(=O)Nc1ccccc1C(=O)NCc1ccccc1. The number of carbonyl (C=O) groups excluding carboxylic acids is 2. The average molecular weight is 445 g/mol. The van der Waals surface area contributed by atoms with Crippen molar-refractivity contribution in [2.45, 2.75) is 52.2 Å². The Morgan fingerprint density at radius 1 is 0.879 bits per heavy atom. The van der Waals surface area contributed by atoms with Gasteiger partial charge in [0.05, 0.1) is 11.3 Å². The van der Waals surface area contributed by atoms with E-state index in [1.165, 1.54) is 5.56 Å². The molecule has 0 aliphatic carbocycles. The van der Waals surface area contributed by atoms with Crippen LogP contribution in [0, 0.1) is 0 Å². The number of nitrogens with one attached hydrogen (secondary N) is 2. The quantitative estimate of drug-likeness (QED) is 0.468. The van der Waals surface area contributed by atoms with E-state index >= 15 is 0 Å². The monoisotopic (exact) mass is 444 g/mol. The third-order valence-electron chi connectivity index (χ3n) is 5.39. The van der Waals surface area contributed by atoms with E-state index in [-0.39, 0.29) is 17.2 Å². The zero-order chi connectivity index (χ0) is 23.8.